The third-order valence-electron chi connectivity index (χ3n) is 3.68. The van der Waals surface area contributed by atoms with Crippen LogP contribution < -0.4 is 5.43 Å². The van der Waals surface area contributed by atoms with Crippen molar-refractivity contribution in [2.45, 2.75) is 13.8 Å². The van der Waals surface area contributed by atoms with Crippen molar-refractivity contribution in [3.8, 4) is 5.69 Å². The number of aryl methyl sites for hydroxylation is 2. The second-order valence-corrected chi connectivity index (χ2v) is 7.04. The average Bonchev–Trinajstić information content (AvgIpc) is 3.09. The second kappa shape index (κ2) is 7.41. The van der Waals surface area contributed by atoms with Gasteiger partial charge in [-0.25, -0.2) is 5.43 Å². The Morgan fingerprint density at radius 1 is 1.12 bits per heavy atom. The normalized spacial score (nSPS) is 11.2. The van der Waals surface area contributed by atoms with Crippen molar-refractivity contribution in [1.82, 2.24) is 9.99 Å². The third-order valence-corrected chi connectivity index (χ3v) is 5.39. The molecule has 1 amide bonds. The topological polar surface area (TPSA) is 59.5 Å². The molecule has 0 unspecified atom stereocenters. The standard InChI is InChI=1S/C18H15Br2N3O2/c1-11-3-4-12(2)23(11)14-7-5-13(6-8-14)18(24)22-21-10-15-9-16(19)17(20)25-15/h3-10H,1-2H3,(H,22,24)/b21-10-. The van der Waals surface area contributed by atoms with E-state index in [0.29, 0.717) is 16.0 Å². The summed E-state index contributed by atoms with van der Waals surface area (Å²) in [4.78, 5) is 12.2. The number of nitrogens with zero attached hydrogens (tertiary/aromatic N) is 2. The lowest BCUT2D eigenvalue weighted by molar-refractivity contribution is 0.0955. The Morgan fingerprint density at radius 2 is 1.76 bits per heavy atom. The monoisotopic (exact) mass is 463 g/mol. The maximum Gasteiger partial charge on any atom is 0.271 e. The Bertz CT molecular complexity index is 901. The molecule has 2 aromatic heterocycles. The molecule has 0 saturated heterocycles. The quantitative estimate of drug-likeness (QED) is 0.437. The van der Waals surface area contributed by atoms with Gasteiger partial charge in [-0.2, -0.15) is 5.10 Å². The number of halogens is 2. The van der Waals surface area contributed by atoms with Crippen LogP contribution in [0.25, 0.3) is 5.69 Å². The molecule has 0 radical (unpaired) electrons. The van der Waals surface area contributed by atoms with Crippen molar-refractivity contribution in [1.29, 1.82) is 0 Å². The molecular weight excluding hydrogens is 450 g/mol. The Hall–Kier alpha value is -2.12. The van der Waals surface area contributed by atoms with Gasteiger partial charge < -0.3 is 8.98 Å². The van der Waals surface area contributed by atoms with E-state index in [0.717, 1.165) is 21.5 Å². The predicted molar refractivity (Wildman–Crippen MR) is 104 cm³/mol. The van der Waals surface area contributed by atoms with Crippen molar-refractivity contribution in [3.63, 3.8) is 0 Å². The Balaban J connectivity index is 1.68. The van der Waals surface area contributed by atoms with Gasteiger partial charge in [0, 0.05) is 28.7 Å². The van der Waals surface area contributed by atoms with Gasteiger partial charge in [-0.05, 0) is 82.1 Å². The van der Waals surface area contributed by atoms with Crippen LogP contribution in [0.15, 0.2) is 61.1 Å². The molecule has 1 N–H and O–H groups in total. The minimum Gasteiger partial charge on any atom is -0.447 e. The van der Waals surface area contributed by atoms with Gasteiger partial charge in [-0.15, -0.1) is 0 Å². The molecule has 0 aliphatic carbocycles. The van der Waals surface area contributed by atoms with Crippen LogP contribution in [-0.4, -0.2) is 16.7 Å². The summed E-state index contributed by atoms with van der Waals surface area (Å²) in [5.74, 6) is 0.237. The fourth-order valence-electron chi connectivity index (χ4n) is 2.48. The highest BCUT2D eigenvalue weighted by atomic mass is 79.9. The van der Waals surface area contributed by atoms with Gasteiger partial charge in [-0.1, -0.05) is 0 Å². The van der Waals surface area contributed by atoms with Gasteiger partial charge in [0.15, 0.2) is 4.67 Å². The molecule has 0 spiro atoms. The lowest BCUT2D eigenvalue weighted by Crippen LogP contribution is -2.17. The molecule has 0 bridgehead atoms. The van der Waals surface area contributed by atoms with Crippen LogP contribution in [-0.2, 0) is 0 Å². The summed E-state index contributed by atoms with van der Waals surface area (Å²) in [6.45, 7) is 4.10. The summed E-state index contributed by atoms with van der Waals surface area (Å²) in [5.41, 5.74) is 6.33. The number of benzene rings is 1. The van der Waals surface area contributed by atoms with Crippen molar-refractivity contribution >= 4 is 44.0 Å². The minimum absolute atomic E-state index is 0.284. The number of carbonyl (C=O) groups excluding carboxylic acids is 1. The zero-order chi connectivity index (χ0) is 18.0. The Kier molecular flexibility index (Phi) is 5.24. The number of carbonyl (C=O) groups is 1. The Morgan fingerprint density at radius 3 is 2.32 bits per heavy atom. The molecule has 1 aromatic carbocycles. The van der Waals surface area contributed by atoms with Gasteiger partial charge in [0.05, 0.1) is 10.7 Å². The van der Waals surface area contributed by atoms with Crippen molar-refractivity contribution in [2.75, 3.05) is 0 Å². The molecule has 25 heavy (non-hydrogen) atoms. The Labute approximate surface area is 162 Å². The first-order valence-corrected chi connectivity index (χ1v) is 9.08. The summed E-state index contributed by atoms with van der Waals surface area (Å²) in [6, 6.07) is 13.3. The van der Waals surface area contributed by atoms with E-state index in [-0.39, 0.29) is 5.91 Å². The van der Waals surface area contributed by atoms with E-state index in [1.54, 1.807) is 18.2 Å². The molecule has 7 heteroatoms. The molecule has 0 saturated carbocycles. The third kappa shape index (κ3) is 3.93. The first kappa shape index (κ1) is 17.7. The maximum absolute atomic E-state index is 12.2. The summed E-state index contributed by atoms with van der Waals surface area (Å²) in [7, 11) is 0. The lowest BCUT2D eigenvalue weighted by Gasteiger charge is -2.09. The molecule has 0 aliphatic rings. The number of hydrazone groups is 1. The van der Waals surface area contributed by atoms with Crippen LogP contribution >= 0.6 is 31.9 Å². The number of amides is 1. The van der Waals surface area contributed by atoms with E-state index in [1.807, 2.05) is 26.0 Å². The van der Waals surface area contributed by atoms with E-state index in [9.17, 15) is 4.79 Å². The molecule has 3 rings (SSSR count). The predicted octanol–water partition coefficient (Wildman–Crippen LogP) is 4.98. The summed E-state index contributed by atoms with van der Waals surface area (Å²) in [6.07, 6.45) is 1.44. The molecule has 128 valence electrons. The van der Waals surface area contributed by atoms with E-state index in [1.165, 1.54) is 6.21 Å². The number of furan rings is 1. The fourth-order valence-corrected chi connectivity index (χ4v) is 3.09. The van der Waals surface area contributed by atoms with E-state index in [4.69, 9.17) is 4.42 Å². The highest BCUT2D eigenvalue weighted by Crippen LogP contribution is 2.25. The van der Waals surface area contributed by atoms with Crippen LogP contribution in [0.3, 0.4) is 0 Å². The van der Waals surface area contributed by atoms with Gasteiger partial charge in [0.2, 0.25) is 0 Å². The van der Waals surface area contributed by atoms with Gasteiger partial charge >= 0.3 is 0 Å². The van der Waals surface area contributed by atoms with Crippen LogP contribution in [0.1, 0.15) is 27.5 Å². The van der Waals surface area contributed by atoms with Crippen molar-refractivity contribution in [3.05, 3.63) is 74.3 Å². The summed E-state index contributed by atoms with van der Waals surface area (Å²) in [5, 5.41) is 3.91. The van der Waals surface area contributed by atoms with Crippen molar-refractivity contribution < 1.29 is 9.21 Å². The number of nitrogens with one attached hydrogen (secondary N) is 1. The van der Waals surface area contributed by atoms with Crippen molar-refractivity contribution in [2.24, 2.45) is 5.10 Å². The van der Waals surface area contributed by atoms with Crippen LogP contribution in [0.5, 0.6) is 0 Å². The van der Waals surface area contributed by atoms with Gasteiger partial charge in [0.25, 0.3) is 5.91 Å². The molecule has 5 nitrogen and oxygen atoms in total. The zero-order valence-electron chi connectivity index (χ0n) is 13.6. The van der Waals surface area contributed by atoms with Gasteiger partial charge in [0.1, 0.15) is 5.76 Å². The maximum atomic E-state index is 12.2. The van der Waals surface area contributed by atoms with E-state index >= 15 is 0 Å². The summed E-state index contributed by atoms with van der Waals surface area (Å²) >= 11 is 6.56. The molecule has 0 atom stereocenters. The van der Waals surface area contributed by atoms with Crippen LogP contribution in [0.2, 0.25) is 0 Å². The largest absolute Gasteiger partial charge is 0.447 e. The average molecular weight is 465 g/mol. The molecular formula is C18H15Br2N3O2. The smallest absolute Gasteiger partial charge is 0.271 e. The van der Waals surface area contributed by atoms with Gasteiger partial charge in [-0.3, -0.25) is 4.79 Å². The SMILES string of the molecule is Cc1ccc(C)n1-c1ccc(C(=O)N/N=C\c2cc(Br)c(Br)o2)cc1. The second-order valence-electron chi connectivity index (χ2n) is 5.47. The molecule has 0 aliphatic heterocycles. The highest BCUT2D eigenvalue weighted by molar-refractivity contribution is 9.13. The zero-order valence-corrected chi connectivity index (χ0v) is 16.8. The molecule has 2 heterocycles. The first-order valence-electron chi connectivity index (χ1n) is 7.49. The number of hydrogen-bond donors (Lipinski definition) is 1. The summed E-state index contributed by atoms with van der Waals surface area (Å²) < 4.78 is 8.84. The number of hydrogen-bond acceptors (Lipinski definition) is 3. The van der Waals surface area contributed by atoms with E-state index < -0.39 is 0 Å². The minimum atomic E-state index is -0.284. The molecule has 3 aromatic rings. The van der Waals surface area contributed by atoms with Crippen LogP contribution in [0.4, 0.5) is 0 Å². The van der Waals surface area contributed by atoms with E-state index in [2.05, 4.69) is 59.1 Å². The van der Waals surface area contributed by atoms with Crippen LogP contribution in [0, 0.1) is 13.8 Å². The number of rotatable bonds is 4. The number of aromatic nitrogens is 1. The molecule has 0 fully saturated rings. The highest BCUT2D eigenvalue weighted by Gasteiger charge is 2.08. The lowest BCUT2D eigenvalue weighted by atomic mass is 10.2. The fraction of sp³-hybridized carbons (Fsp3) is 0.111. The first-order chi connectivity index (χ1) is 12.0.